The molecule has 0 aromatic carbocycles. The molecule has 4 heterocycles. The predicted molar refractivity (Wildman–Crippen MR) is 360 cm³/mol. The monoisotopic (exact) mass is 1480 g/mol. The van der Waals surface area contributed by atoms with Gasteiger partial charge in [-0.3, -0.25) is 86.3 Å². The van der Waals surface area contributed by atoms with E-state index in [-0.39, 0.29) is 90.0 Å². The fourth-order valence-electron chi connectivity index (χ4n) is 12.2. The Hall–Kier alpha value is -10.1. The molecule has 19 N–H and O–H groups in total. The van der Waals surface area contributed by atoms with Gasteiger partial charge in [-0.05, 0) is 116 Å². The summed E-state index contributed by atoms with van der Waals surface area (Å²) < 4.78 is 0. The maximum absolute atomic E-state index is 14.3. The molecule has 14 amide bonds. The minimum atomic E-state index is -2.02. The van der Waals surface area contributed by atoms with Crippen LogP contribution in [-0.2, 0) is 91.1 Å². The molecule has 0 aliphatic carbocycles. The SMILES string of the molecule is CC(=O)O.CC(C)C[C@H](NC(=O)CNC(=O)[C@H](C)NC(=O)[C@H](CC(=O)O)NC(=O)[C@H](CC(=O)O)NC(=O)[C@H](C)NC(=O)[C@@H]1CCCN1C(=O)[C@H](CCCCN)NC(=O)CNC(=O)[C@@H]1CCCN1C(=O)[C@@H]1CCCN1C(=O)[C@@H]1CCCN1C(=O)[C@H](CCC(=O)O)NC(=O)CN)C(=O)N[C@H](C(=O)O)C(C)C. The van der Waals surface area contributed by atoms with E-state index in [1.165, 1.54) is 19.6 Å². The van der Waals surface area contributed by atoms with Crippen LogP contribution >= 0.6 is 0 Å². The molecule has 40 nitrogen and oxygen atoms in total. The standard InChI is InChI=1S/C62H98N16O22.C2H4O2/c1-31(2)25-37(55(92)74-50(32(3)4)62(99)100)71-46(81)29-65-51(88)33(5)67-53(90)38(26-48(84)85)73-54(91)39(27-49(86)87)72-52(89)34(6)68-57(94)41-15-10-21-75(41)58(95)35(13-7-8-20-63)70-45(80)30-66-56(93)40-14-9-22-76(40)60(97)43-17-12-24-78(43)61(98)42-16-11-23-77(42)59(96)36(18-19-47(82)83)69-44(79)28-64;1-2(3)4/h31-43,50H,7-30,63-64H2,1-6H3,(H,65,88)(H,66,93)(H,67,90)(H,68,94)(H,69,79)(H,70,80)(H,71,81)(H,72,89)(H,73,91)(H,74,92)(H,82,83)(H,84,85)(H,86,87)(H,99,100);1H3,(H,3,4)/t33-,34-,35-,36-,37-,38-,39-,40-,41-,42-,43-,50-;/m0./s1. The van der Waals surface area contributed by atoms with Crippen molar-refractivity contribution in [3.63, 3.8) is 0 Å². The molecule has 0 aromatic heterocycles. The number of carboxylic acid groups (broad SMARTS) is 5. The van der Waals surface area contributed by atoms with Crippen molar-refractivity contribution in [3.8, 4) is 0 Å². The van der Waals surface area contributed by atoms with Crippen molar-refractivity contribution in [2.45, 2.75) is 224 Å². The molecule has 4 rings (SSSR count). The first-order valence-electron chi connectivity index (χ1n) is 34.5. The van der Waals surface area contributed by atoms with E-state index in [4.69, 9.17) is 21.4 Å². The van der Waals surface area contributed by atoms with Crippen molar-refractivity contribution in [3.05, 3.63) is 0 Å². The Balaban J connectivity index is 0.00000683. The van der Waals surface area contributed by atoms with Crippen LogP contribution in [0.3, 0.4) is 0 Å². The summed E-state index contributed by atoms with van der Waals surface area (Å²) in [5.74, 6) is -19.3. The first-order valence-corrected chi connectivity index (χ1v) is 34.5. The quantitative estimate of drug-likeness (QED) is 0.0255. The number of rotatable bonds is 39. The fourth-order valence-corrected chi connectivity index (χ4v) is 12.2. The number of unbranched alkanes of at least 4 members (excludes halogenated alkanes) is 1. The third-order valence-electron chi connectivity index (χ3n) is 17.3. The predicted octanol–water partition coefficient (Wildman–Crippen LogP) is -6.12. The minimum absolute atomic E-state index is 0.0126. The molecule has 4 fully saturated rings. The molecule has 4 aliphatic rings. The highest BCUT2D eigenvalue weighted by Crippen LogP contribution is 2.30. The van der Waals surface area contributed by atoms with E-state index in [9.17, 15) is 107 Å². The van der Waals surface area contributed by atoms with Gasteiger partial charge in [0.25, 0.3) is 5.97 Å². The number of nitrogens with two attached hydrogens (primary N) is 2. The minimum Gasteiger partial charge on any atom is -0.481 e. The van der Waals surface area contributed by atoms with E-state index in [1.807, 2.05) is 0 Å². The average Bonchev–Trinajstić information content (AvgIpc) is 1.62. The van der Waals surface area contributed by atoms with Crippen LogP contribution < -0.4 is 64.6 Å². The molecular weight excluding hydrogens is 1380 g/mol. The van der Waals surface area contributed by atoms with Gasteiger partial charge in [0.05, 0.1) is 32.5 Å². The van der Waals surface area contributed by atoms with Crippen LogP contribution in [0.2, 0.25) is 0 Å². The number of hydrogen-bond donors (Lipinski definition) is 17. The second-order valence-electron chi connectivity index (χ2n) is 26.5. The second-order valence-corrected chi connectivity index (χ2v) is 26.5. The van der Waals surface area contributed by atoms with Gasteiger partial charge >= 0.3 is 23.9 Å². The summed E-state index contributed by atoms with van der Waals surface area (Å²) in [6.07, 6.45) is 0.156. The topological polar surface area (TPSA) is 611 Å². The maximum atomic E-state index is 14.3. The molecule has 0 unspecified atom stereocenters. The molecule has 0 aromatic rings. The van der Waals surface area contributed by atoms with Gasteiger partial charge in [0.2, 0.25) is 82.7 Å². The summed E-state index contributed by atoms with van der Waals surface area (Å²) in [5, 5.41) is 69.0. The van der Waals surface area contributed by atoms with Gasteiger partial charge < -0.3 is 110 Å². The third-order valence-corrected chi connectivity index (χ3v) is 17.3. The van der Waals surface area contributed by atoms with E-state index in [0.29, 0.717) is 32.1 Å². The van der Waals surface area contributed by atoms with Gasteiger partial charge in [-0.2, -0.15) is 0 Å². The highest BCUT2D eigenvalue weighted by molar-refractivity contribution is 6.01. The lowest BCUT2D eigenvalue weighted by Gasteiger charge is -2.35. The summed E-state index contributed by atoms with van der Waals surface area (Å²) in [6, 6.07) is -16.4. The Morgan fingerprint density at radius 3 is 1.32 bits per heavy atom. The van der Waals surface area contributed by atoms with Crippen LogP contribution in [0.25, 0.3) is 0 Å². The molecule has 582 valence electrons. The number of amides is 14. The average molecular weight is 1480 g/mol. The van der Waals surface area contributed by atoms with Crippen LogP contribution in [-0.4, -0.2) is 283 Å². The number of carbonyl (C=O) groups is 19. The lowest BCUT2D eigenvalue weighted by molar-refractivity contribution is -0.151. The Kier molecular flexibility index (Phi) is 36.5. The Morgan fingerprint density at radius 1 is 0.423 bits per heavy atom. The van der Waals surface area contributed by atoms with E-state index in [1.54, 1.807) is 27.7 Å². The van der Waals surface area contributed by atoms with Gasteiger partial charge in [-0.25, -0.2) is 4.79 Å². The normalized spacial score (nSPS) is 19.1. The number of hydrogen-bond acceptors (Lipinski definition) is 21. The van der Waals surface area contributed by atoms with Gasteiger partial charge in [0.1, 0.15) is 72.5 Å². The maximum Gasteiger partial charge on any atom is 0.326 e. The highest BCUT2D eigenvalue weighted by Gasteiger charge is 2.47. The van der Waals surface area contributed by atoms with Crippen molar-refractivity contribution in [1.82, 2.24) is 72.8 Å². The summed E-state index contributed by atoms with van der Waals surface area (Å²) >= 11 is 0. The first-order chi connectivity index (χ1) is 48.8. The Bertz CT molecular complexity index is 3150. The fraction of sp³-hybridized carbons (Fsp3) is 0.703. The number of aliphatic carboxylic acids is 5. The number of carbonyl (C=O) groups excluding carboxylic acids is 14. The molecule has 0 bridgehead atoms. The third kappa shape index (κ3) is 28.2. The number of nitrogens with one attached hydrogen (secondary N) is 10. The summed E-state index contributed by atoms with van der Waals surface area (Å²) in [7, 11) is 0. The molecular formula is C64H102N16O24. The summed E-state index contributed by atoms with van der Waals surface area (Å²) in [6.45, 7) is 8.81. The molecule has 4 saturated heterocycles. The van der Waals surface area contributed by atoms with Crippen molar-refractivity contribution in [2.75, 3.05) is 52.4 Å². The van der Waals surface area contributed by atoms with Crippen LogP contribution in [0.1, 0.15) is 151 Å². The lowest BCUT2D eigenvalue weighted by atomic mass is 10.0. The molecule has 40 heteroatoms. The molecule has 0 radical (unpaired) electrons. The van der Waals surface area contributed by atoms with E-state index >= 15 is 0 Å². The number of nitrogens with zero attached hydrogens (tertiary/aromatic N) is 4. The molecule has 4 aliphatic heterocycles. The smallest absolute Gasteiger partial charge is 0.326 e. The van der Waals surface area contributed by atoms with Gasteiger partial charge in [0, 0.05) is 39.5 Å². The molecule has 104 heavy (non-hydrogen) atoms. The zero-order valence-electron chi connectivity index (χ0n) is 59.5. The highest BCUT2D eigenvalue weighted by atomic mass is 16.4. The van der Waals surface area contributed by atoms with Gasteiger partial charge in [0.15, 0.2) is 0 Å². The number of likely N-dealkylation sites (tertiary alicyclic amines) is 4. The summed E-state index contributed by atoms with van der Waals surface area (Å²) in [5.41, 5.74) is 11.2. The van der Waals surface area contributed by atoms with E-state index in [2.05, 4.69) is 53.2 Å². The summed E-state index contributed by atoms with van der Waals surface area (Å²) in [4.78, 5) is 251. The van der Waals surface area contributed by atoms with Crippen LogP contribution in [0.15, 0.2) is 0 Å². The molecule has 12 atom stereocenters. The zero-order chi connectivity index (χ0) is 78.4. The van der Waals surface area contributed by atoms with Crippen molar-refractivity contribution < 1.29 is 117 Å². The lowest BCUT2D eigenvalue weighted by Crippen LogP contribution is -2.59. The zero-order valence-corrected chi connectivity index (χ0v) is 59.5. The van der Waals surface area contributed by atoms with Crippen LogP contribution in [0.5, 0.6) is 0 Å². The Labute approximate surface area is 599 Å². The van der Waals surface area contributed by atoms with Gasteiger partial charge in [-0.15, -0.1) is 0 Å². The van der Waals surface area contributed by atoms with Crippen LogP contribution in [0, 0.1) is 11.8 Å². The van der Waals surface area contributed by atoms with E-state index in [0.717, 1.165) is 20.8 Å². The second kappa shape index (κ2) is 43.1. The van der Waals surface area contributed by atoms with Gasteiger partial charge in [-0.1, -0.05) is 27.7 Å². The van der Waals surface area contributed by atoms with Crippen LogP contribution in [0.4, 0.5) is 0 Å². The number of carboxylic acids is 5. The first kappa shape index (κ1) is 88.1. The van der Waals surface area contributed by atoms with Crippen molar-refractivity contribution in [2.24, 2.45) is 23.3 Å². The van der Waals surface area contributed by atoms with Crippen molar-refractivity contribution >= 4 is 113 Å². The molecule has 0 spiro atoms. The largest absolute Gasteiger partial charge is 0.481 e. The molecule has 0 saturated carbocycles. The van der Waals surface area contributed by atoms with Crippen molar-refractivity contribution in [1.29, 1.82) is 0 Å². The van der Waals surface area contributed by atoms with E-state index < -0.39 is 230 Å². The Morgan fingerprint density at radius 2 is 0.837 bits per heavy atom.